The number of hydrogen-bond acceptors (Lipinski definition) is 3. The summed E-state index contributed by atoms with van der Waals surface area (Å²) < 4.78 is 0. The fourth-order valence-corrected chi connectivity index (χ4v) is 4.15. The van der Waals surface area contributed by atoms with Crippen molar-refractivity contribution in [1.29, 1.82) is 0 Å². The van der Waals surface area contributed by atoms with E-state index >= 15 is 0 Å². The summed E-state index contributed by atoms with van der Waals surface area (Å²) in [6.07, 6.45) is 0.938. The molecule has 0 bridgehead atoms. The third kappa shape index (κ3) is 4.94. The Bertz CT molecular complexity index is 1090. The quantitative estimate of drug-likeness (QED) is 0.590. The molecule has 1 aliphatic heterocycles. The van der Waals surface area contributed by atoms with Gasteiger partial charge in [-0.2, -0.15) is 0 Å². The smallest absolute Gasteiger partial charge is 0.255 e. The van der Waals surface area contributed by atoms with Gasteiger partial charge in [0.15, 0.2) is 0 Å². The van der Waals surface area contributed by atoms with Gasteiger partial charge in [-0.25, -0.2) is 0 Å². The molecular weight excluding hydrogens is 422 g/mol. The fraction of sp³-hybridized carbons (Fsp3) is 0.231. The molecule has 1 N–H and O–H groups in total. The van der Waals surface area contributed by atoms with E-state index in [9.17, 15) is 9.59 Å². The van der Waals surface area contributed by atoms with Crippen LogP contribution < -0.4 is 10.2 Å². The minimum absolute atomic E-state index is 0.0568. The summed E-state index contributed by atoms with van der Waals surface area (Å²) in [5, 5.41) is 3.49. The Morgan fingerprint density at radius 2 is 1.56 bits per heavy atom. The monoisotopic (exact) mass is 447 g/mol. The number of piperazine rings is 1. The van der Waals surface area contributed by atoms with E-state index in [0.29, 0.717) is 48.0 Å². The summed E-state index contributed by atoms with van der Waals surface area (Å²) in [6.45, 7) is 4.76. The lowest BCUT2D eigenvalue weighted by Crippen LogP contribution is -2.48. The highest BCUT2D eigenvalue weighted by Gasteiger charge is 2.23. The molecule has 4 rings (SSSR count). The summed E-state index contributed by atoms with van der Waals surface area (Å²) in [5.41, 5.74) is 4.08. The highest BCUT2D eigenvalue weighted by Crippen LogP contribution is 2.30. The molecule has 5 nitrogen and oxygen atoms in total. The zero-order chi connectivity index (χ0) is 22.5. The van der Waals surface area contributed by atoms with E-state index in [1.807, 2.05) is 71.6 Å². The number of nitrogens with one attached hydrogen (secondary N) is 1. The van der Waals surface area contributed by atoms with Gasteiger partial charge in [-0.15, -0.1) is 0 Å². The maximum atomic E-state index is 12.7. The molecule has 3 aromatic rings. The zero-order valence-corrected chi connectivity index (χ0v) is 18.8. The first kappa shape index (κ1) is 21.9. The van der Waals surface area contributed by atoms with Crippen molar-refractivity contribution >= 4 is 34.8 Å². The number of amides is 2. The summed E-state index contributed by atoms with van der Waals surface area (Å²) in [7, 11) is 0. The van der Waals surface area contributed by atoms with Crippen LogP contribution in [0.3, 0.4) is 0 Å². The molecule has 32 heavy (non-hydrogen) atoms. The fourth-order valence-electron chi connectivity index (χ4n) is 3.85. The van der Waals surface area contributed by atoms with Crippen molar-refractivity contribution in [1.82, 2.24) is 4.90 Å². The van der Waals surface area contributed by atoms with Crippen LogP contribution in [-0.2, 0) is 6.42 Å². The lowest BCUT2D eigenvalue weighted by atomic mass is 10.1. The van der Waals surface area contributed by atoms with Crippen molar-refractivity contribution in [2.24, 2.45) is 0 Å². The molecule has 1 fully saturated rings. The topological polar surface area (TPSA) is 52.7 Å². The first-order valence-electron chi connectivity index (χ1n) is 10.8. The van der Waals surface area contributed by atoms with Gasteiger partial charge in [0.05, 0.1) is 10.7 Å². The maximum absolute atomic E-state index is 12.7. The zero-order valence-electron chi connectivity index (χ0n) is 18.1. The minimum atomic E-state index is -0.162. The summed E-state index contributed by atoms with van der Waals surface area (Å²) in [5.74, 6) is -0.106. The van der Waals surface area contributed by atoms with Crippen LogP contribution in [0.4, 0.5) is 11.4 Å². The van der Waals surface area contributed by atoms with Gasteiger partial charge in [0.2, 0.25) is 0 Å². The molecule has 0 unspecified atom stereocenters. The normalized spacial score (nSPS) is 13.7. The van der Waals surface area contributed by atoms with Crippen LogP contribution in [0.2, 0.25) is 5.02 Å². The average Bonchev–Trinajstić information content (AvgIpc) is 2.84. The van der Waals surface area contributed by atoms with Crippen molar-refractivity contribution in [3.05, 3.63) is 94.5 Å². The Morgan fingerprint density at radius 1 is 0.875 bits per heavy atom. The molecule has 2 amide bonds. The van der Waals surface area contributed by atoms with Crippen LogP contribution >= 0.6 is 11.6 Å². The van der Waals surface area contributed by atoms with Crippen LogP contribution in [0, 0.1) is 0 Å². The Morgan fingerprint density at radius 3 is 2.19 bits per heavy atom. The van der Waals surface area contributed by atoms with E-state index in [-0.39, 0.29) is 11.8 Å². The van der Waals surface area contributed by atoms with Crippen LogP contribution in [-0.4, -0.2) is 42.9 Å². The lowest BCUT2D eigenvalue weighted by Gasteiger charge is -2.36. The molecule has 0 radical (unpaired) electrons. The average molecular weight is 448 g/mol. The number of halogens is 1. The van der Waals surface area contributed by atoms with Crippen LogP contribution in [0.25, 0.3) is 0 Å². The number of carbonyl (C=O) groups is 2. The second-order valence-corrected chi connectivity index (χ2v) is 8.22. The van der Waals surface area contributed by atoms with E-state index < -0.39 is 0 Å². The molecule has 0 spiro atoms. The molecule has 0 aliphatic carbocycles. The largest absolute Gasteiger partial charge is 0.367 e. The predicted octanol–water partition coefficient (Wildman–Crippen LogP) is 5.12. The Labute approximate surface area is 193 Å². The number of carbonyl (C=O) groups excluding carboxylic acids is 2. The molecule has 1 aliphatic rings. The first-order chi connectivity index (χ1) is 15.5. The summed E-state index contributed by atoms with van der Waals surface area (Å²) in [6, 6.07) is 22.5. The van der Waals surface area contributed by atoms with Crippen LogP contribution in [0.5, 0.6) is 0 Å². The van der Waals surface area contributed by atoms with Gasteiger partial charge in [0.1, 0.15) is 0 Å². The van der Waals surface area contributed by atoms with Crippen molar-refractivity contribution in [2.45, 2.75) is 13.3 Å². The maximum Gasteiger partial charge on any atom is 0.255 e. The Kier molecular flexibility index (Phi) is 6.76. The number of benzene rings is 3. The number of hydrogen-bond donors (Lipinski definition) is 1. The third-order valence-electron chi connectivity index (χ3n) is 5.76. The van der Waals surface area contributed by atoms with Gasteiger partial charge < -0.3 is 15.1 Å². The van der Waals surface area contributed by atoms with Gasteiger partial charge >= 0.3 is 0 Å². The molecule has 0 aromatic heterocycles. The van der Waals surface area contributed by atoms with Crippen molar-refractivity contribution in [3.63, 3.8) is 0 Å². The summed E-state index contributed by atoms with van der Waals surface area (Å²) >= 11 is 6.55. The number of aryl methyl sites for hydroxylation is 1. The van der Waals surface area contributed by atoms with Gasteiger partial charge in [-0.05, 0) is 54.4 Å². The molecule has 0 saturated carbocycles. The second-order valence-electron chi connectivity index (χ2n) is 7.82. The van der Waals surface area contributed by atoms with Crippen molar-refractivity contribution in [3.8, 4) is 0 Å². The van der Waals surface area contributed by atoms with Crippen LogP contribution in [0.15, 0.2) is 72.8 Å². The van der Waals surface area contributed by atoms with E-state index in [2.05, 4.69) is 17.1 Å². The second kappa shape index (κ2) is 9.88. The molecule has 3 aromatic carbocycles. The Hall–Kier alpha value is -3.31. The van der Waals surface area contributed by atoms with E-state index in [4.69, 9.17) is 11.6 Å². The van der Waals surface area contributed by atoms with E-state index in [0.717, 1.165) is 12.1 Å². The molecular formula is C26H26ClN3O2. The van der Waals surface area contributed by atoms with Gasteiger partial charge in [0, 0.05) is 43.0 Å². The number of rotatable bonds is 5. The van der Waals surface area contributed by atoms with E-state index in [1.54, 1.807) is 6.07 Å². The molecule has 0 atom stereocenters. The van der Waals surface area contributed by atoms with Gasteiger partial charge in [-0.3, -0.25) is 9.59 Å². The van der Waals surface area contributed by atoms with Gasteiger partial charge in [0.25, 0.3) is 11.8 Å². The van der Waals surface area contributed by atoms with Crippen molar-refractivity contribution in [2.75, 3.05) is 36.4 Å². The molecule has 1 heterocycles. The highest BCUT2D eigenvalue weighted by atomic mass is 35.5. The lowest BCUT2D eigenvalue weighted by molar-refractivity contribution is 0.0746. The number of nitrogens with zero attached hydrogens (tertiary/aromatic N) is 2. The van der Waals surface area contributed by atoms with Gasteiger partial charge in [-0.1, -0.05) is 48.9 Å². The van der Waals surface area contributed by atoms with E-state index in [1.165, 1.54) is 5.56 Å². The minimum Gasteiger partial charge on any atom is -0.367 e. The predicted molar refractivity (Wildman–Crippen MR) is 130 cm³/mol. The molecule has 164 valence electrons. The standard InChI is InChI=1S/C26H26ClN3O2/c1-2-19-8-10-20(11-9-19)25(31)28-22-12-13-24(23(27)18-22)29-14-16-30(17-15-29)26(32)21-6-4-3-5-7-21/h3-13,18H,2,14-17H2,1H3,(H,28,31). The molecule has 1 saturated heterocycles. The first-order valence-corrected chi connectivity index (χ1v) is 11.2. The van der Waals surface area contributed by atoms with Crippen LogP contribution in [0.1, 0.15) is 33.2 Å². The molecule has 6 heteroatoms. The summed E-state index contributed by atoms with van der Waals surface area (Å²) in [4.78, 5) is 29.2. The number of anilines is 2. The highest BCUT2D eigenvalue weighted by molar-refractivity contribution is 6.33. The van der Waals surface area contributed by atoms with Crippen molar-refractivity contribution < 1.29 is 9.59 Å². The SMILES string of the molecule is CCc1ccc(C(=O)Nc2ccc(N3CCN(C(=O)c4ccccc4)CC3)c(Cl)c2)cc1. The Balaban J connectivity index is 1.37. The third-order valence-corrected chi connectivity index (χ3v) is 6.06.